The third-order valence-corrected chi connectivity index (χ3v) is 7.46. The third kappa shape index (κ3) is 3.37. The maximum Gasteiger partial charge on any atom is 0.245 e. The molecule has 2 aromatic carbocycles. The number of nitrogens with zero attached hydrogens (tertiary/aromatic N) is 2. The second kappa shape index (κ2) is 7.26. The zero-order valence-corrected chi connectivity index (χ0v) is 16.4. The van der Waals surface area contributed by atoms with Gasteiger partial charge in [0.2, 0.25) is 15.9 Å². The number of fused-ring (bicyclic) bond motifs is 1. The van der Waals surface area contributed by atoms with Crippen LogP contribution in [0.25, 0.3) is 0 Å². The van der Waals surface area contributed by atoms with Crippen molar-refractivity contribution >= 4 is 33.2 Å². The van der Waals surface area contributed by atoms with Crippen LogP contribution in [0.4, 0.5) is 5.69 Å². The molecule has 2 aliphatic heterocycles. The summed E-state index contributed by atoms with van der Waals surface area (Å²) in [6, 6.07) is 13.3. The number of aryl methyl sites for hydroxylation is 1. The van der Waals surface area contributed by atoms with Crippen LogP contribution in [0.3, 0.4) is 0 Å². The Hall–Kier alpha value is -1.89. The number of amides is 1. The van der Waals surface area contributed by atoms with E-state index in [-0.39, 0.29) is 10.8 Å². The fourth-order valence-electron chi connectivity index (χ4n) is 3.96. The minimum absolute atomic E-state index is 0.128. The standard InChI is InChI=1S/C20H21ClN2O3S/c21-16-9-11-17(12-10-16)27(25,26)23-14-4-8-19(23)20(24)22-13-3-6-15-5-1-2-7-18(15)22/h1-2,5,7,9-12,19H,3-4,6,8,13-14H2/t19-/m0/s1. The quantitative estimate of drug-likeness (QED) is 0.787. The Morgan fingerprint density at radius 1 is 1.00 bits per heavy atom. The van der Waals surface area contributed by atoms with Crippen LogP contribution in [0, 0.1) is 0 Å². The maximum atomic E-state index is 13.3. The van der Waals surface area contributed by atoms with E-state index in [9.17, 15) is 13.2 Å². The van der Waals surface area contributed by atoms with E-state index in [1.807, 2.05) is 24.3 Å². The van der Waals surface area contributed by atoms with E-state index in [1.54, 1.807) is 17.0 Å². The molecule has 1 amide bonds. The molecule has 5 nitrogen and oxygen atoms in total. The lowest BCUT2D eigenvalue weighted by Gasteiger charge is -2.33. The van der Waals surface area contributed by atoms with Gasteiger partial charge in [0.05, 0.1) is 4.90 Å². The summed E-state index contributed by atoms with van der Waals surface area (Å²) in [4.78, 5) is 15.2. The molecule has 2 aromatic rings. The molecule has 0 aliphatic carbocycles. The van der Waals surface area contributed by atoms with Crippen molar-refractivity contribution < 1.29 is 13.2 Å². The molecule has 4 rings (SSSR count). The third-order valence-electron chi connectivity index (χ3n) is 5.29. The lowest BCUT2D eigenvalue weighted by Crippen LogP contribution is -2.49. The van der Waals surface area contributed by atoms with Gasteiger partial charge in [-0.25, -0.2) is 8.42 Å². The lowest BCUT2D eigenvalue weighted by molar-refractivity contribution is -0.121. The monoisotopic (exact) mass is 404 g/mol. The molecule has 0 spiro atoms. The average molecular weight is 405 g/mol. The molecule has 142 valence electrons. The summed E-state index contributed by atoms with van der Waals surface area (Å²) < 4.78 is 27.6. The molecule has 0 aromatic heterocycles. The van der Waals surface area contributed by atoms with Crippen molar-refractivity contribution in [1.82, 2.24) is 4.31 Å². The van der Waals surface area contributed by atoms with Gasteiger partial charge in [0.1, 0.15) is 6.04 Å². The largest absolute Gasteiger partial charge is 0.311 e. The summed E-state index contributed by atoms with van der Waals surface area (Å²) in [5, 5.41) is 0.480. The Bertz CT molecular complexity index is 959. The Labute approximate surface area is 164 Å². The van der Waals surface area contributed by atoms with Gasteiger partial charge >= 0.3 is 0 Å². The molecule has 0 unspecified atom stereocenters. The number of hydrogen-bond acceptors (Lipinski definition) is 3. The fraction of sp³-hybridized carbons (Fsp3) is 0.350. The van der Waals surface area contributed by atoms with Crippen LogP contribution in [0.15, 0.2) is 53.4 Å². The Morgan fingerprint density at radius 2 is 1.74 bits per heavy atom. The summed E-state index contributed by atoms with van der Waals surface area (Å²) in [6.07, 6.45) is 3.06. The van der Waals surface area contributed by atoms with E-state index in [0.29, 0.717) is 31.0 Å². The second-order valence-electron chi connectivity index (χ2n) is 6.95. The van der Waals surface area contributed by atoms with Crippen LogP contribution in [-0.2, 0) is 21.2 Å². The van der Waals surface area contributed by atoms with Crippen LogP contribution in [0.5, 0.6) is 0 Å². The SMILES string of the molecule is O=C([C@@H]1CCCN1S(=O)(=O)c1ccc(Cl)cc1)N1CCCc2ccccc21. The fourth-order valence-corrected chi connectivity index (χ4v) is 5.74. The molecule has 0 saturated carbocycles. The maximum absolute atomic E-state index is 13.3. The topological polar surface area (TPSA) is 57.7 Å². The smallest absolute Gasteiger partial charge is 0.245 e. The van der Waals surface area contributed by atoms with Gasteiger partial charge in [-0.15, -0.1) is 0 Å². The van der Waals surface area contributed by atoms with Crippen molar-refractivity contribution in [3.05, 3.63) is 59.1 Å². The van der Waals surface area contributed by atoms with E-state index in [2.05, 4.69) is 0 Å². The first kappa shape index (κ1) is 18.5. The highest BCUT2D eigenvalue weighted by atomic mass is 35.5. The first-order valence-electron chi connectivity index (χ1n) is 9.15. The summed E-state index contributed by atoms with van der Waals surface area (Å²) >= 11 is 5.88. The van der Waals surface area contributed by atoms with Gasteiger partial charge in [-0.2, -0.15) is 4.31 Å². The molecule has 2 aliphatic rings. The molecule has 1 fully saturated rings. The minimum Gasteiger partial charge on any atom is -0.311 e. The van der Waals surface area contributed by atoms with Gasteiger partial charge in [-0.05, 0) is 61.6 Å². The first-order valence-corrected chi connectivity index (χ1v) is 11.0. The Balaban J connectivity index is 1.64. The van der Waals surface area contributed by atoms with Crippen molar-refractivity contribution in [1.29, 1.82) is 0 Å². The number of halogens is 1. The number of para-hydroxylation sites is 1. The zero-order chi connectivity index (χ0) is 19.0. The van der Waals surface area contributed by atoms with Crippen LogP contribution < -0.4 is 4.90 Å². The van der Waals surface area contributed by atoms with E-state index < -0.39 is 16.1 Å². The molecule has 0 bridgehead atoms. The number of benzene rings is 2. The average Bonchev–Trinajstić information content (AvgIpc) is 3.18. The molecule has 0 N–H and O–H groups in total. The normalized spacial score (nSPS) is 20.5. The predicted molar refractivity (Wildman–Crippen MR) is 105 cm³/mol. The minimum atomic E-state index is -3.74. The van der Waals surface area contributed by atoms with Crippen molar-refractivity contribution in [2.75, 3.05) is 18.0 Å². The van der Waals surface area contributed by atoms with Crippen LogP contribution >= 0.6 is 11.6 Å². The lowest BCUT2D eigenvalue weighted by atomic mass is 10.0. The number of carbonyl (C=O) groups excluding carboxylic acids is 1. The van der Waals surface area contributed by atoms with E-state index in [0.717, 1.165) is 24.1 Å². The Morgan fingerprint density at radius 3 is 2.52 bits per heavy atom. The molecule has 2 heterocycles. The van der Waals surface area contributed by atoms with Crippen LogP contribution in [0.2, 0.25) is 5.02 Å². The first-order chi connectivity index (χ1) is 13.0. The van der Waals surface area contributed by atoms with Gasteiger partial charge in [0.15, 0.2) is 0 Å². The molecule has 1 saturated heterocycles. The Kier molecular flexibility index (Phi) is 4.97. The highest BCUT2D eigenvalue weighted by molar-refractivity contribution is 7.89. The van der Waals surface area contributed by atoms with Gasteiger partial charge in [-0.1, -0.05) is 29.8 Å². The van der Waals surface area contributed by atoms with Gasteiger partial charge in [0, 0.05) is 23.8 Å². The molecular weight excluding hydrogens is 384 g/mol. The van der Waals surface area contributed by atoms with E-state index in [1.165, 1.54) is 16.4 Å². The molecule has 27 heavy (non-hydrogen) atoms. The highest BCUT2D eigenvalue weighted by Gasteiger charge is 2.42. The van der Waals surface area contributed by atoms with Gasteiger partial charge in [-0.3, -0.25) is 4.79 Å². The summed E-state index contributed by atoms with van der Waals surface area (Å²) in [5.41, 5.74) is 2.05. The summed E-state index contributed by atoms with van der Waals surface area (Å²) in [7, 11) is -3.74. The number of carbonyl (C=O) groups is 1. The highest BCUT2D eigenvalue weighted by Crippen LogP contribution is 2.32. The number of anilines is 1. The van der Waals surface area contributed by atoms with Crippen molar-refractivity contribution in [2.24, 2.45) is 0 Å². The number of sulfonamides is 1. The number of hydrogen-bond donors (Lipinski definition) is 0. The second-order valence-corrected chi connectivity index (χ2v) is 9.28. The van der Waals surface area contributed by atoms with Crippen LogP contribution in [0.1, 0.15) is 24.8 Å². The molecule has 1 atom stereocenters. The van der Waals surface area contributed by atoms with Crippen molar-refractivity contribution in [3.63, 3.8) is 0 Å². The zero-order valence-electron chi connectivity index (χ0n) is 14.8. The van der Waals surface area contributed by atoms with Crippen molar-refractivity contribution in [2.45, 2.75) is 36.6 Å². The van der Waals surface area contributed by atoms with Gasteiger partial charge < -0.3 is 4.90 Å². The predicted octanol–water partition coefficient (Wildman–Crippen LogP) is 3.47. The molecule has 0 radical (unpaired) electrons. The number of rotatable bonds is 3. The van der Waals surface area contributed by atoms with Crippen LogP contribution in [-0.4, -0.2) is 37.8 Å². The molecule has 7 heteroatoms. The molecular formula is C20H21ClN2O3S. The van der Waals surface area contributed by atoms with Gasteiger partial charge in [0.25, 0.3) is 0 Å². The summed E-state index contributed by atoms with van der Waals surface area (Å²) in [6.45, 7) is 0.984. The van der Waals surface area contributed by atoms with E-state index >= 15 is 0 Å². The summed E-state index contributed by atoms with van der Waals surface area (Å²) in [5.74, 6) is -0.128. The van der Waals surface area contributed by atoms with Crippen molar-refractivity contribution in [3.8, 4) is 0 Å². The van der Waals surface area contributed by atoms with E-state index in [4.69, 9.17) is 11.6 Å².